The zero-order valence-electron chi connectivity index (χ0n) is 11.7. The second-order valence-electron chi connectivity index (χ2n) is 4.33. The van der Waals surface area contributed by atoms with Gasteiger partial charge in [-0.25, -0.2) is 0 Å². The predicted molar refractivity (Wildman–Crippen MR) is 78.6 cm³/mol. The summed E-state index contributed by atoms with van der Waals surface area (Å²) in [7, 11) is -3.77. The molecule has 0 aliphatic heterocycles. The van der Waals surface area contributed by atoms with Crippen molar-refractivity contribution < 1.29 is 17.4 Å². The highest BCUT2D eigenvalue weighted by Gasteiger charge is 2.02. The third kappa shape index (κ3) is 26.9. The highest BCUT2D eigenvalue weighted by Crippen LogP contribution is 2.09. The fraction of sp³-hybridized carbons (Fsp3) is 0.846. The molecule has 0 atom stereocenters. The lowest BCUT2D eigenvalue weighted by atomic mass is 10.1. The van der Waals surface area contributed by atoms with E-state index in [1.807, 2.05) is 0 Å². The van der Waals surface area contributed by atoms with Gasteiger partial charge in [-0.3, -0.25) is 8.94 Å². The molecular formula is C13H28FNO3S. The minimum Gasteiger partial charge on any atom is -0.327 e. The molecule has 0 aromatic carbocycles. The summed E-state index contributed by atoms with van der Waals surface area (Å²) in [5, 5.41) is 0. The lowest BCUT2D eigenvalue weighted by Gasteiger charge is -2.00. The summed E-state index contributed by atoms with van der Waals surface area (Å²) < 4.78 is 40.9. The molecule has 0 radical (unpaired) electrons. The van der Waals surface area contributed by atoms with E-state index in [-0.39, 0.29) is 12.4 Å². The Morgan fingerprint density at radius 3 is 1.68 bits per heavy atom. The number of halogens is 1. The molecular weight excluding hydrogens is 269 g/mol. The second-order valence-corrected chi connectivity index (χ2v) is 5.90. The van der Waals surface area contributed by atoms with E-state index in [9.17, 15) is 12.8 Å². The average molecular weight is 297 g/mol. The third-order valence-corrected chi connectivity index (χ3v) is 3.26. The van der Waals surface area contributed by atoms with Gasteiger partial charge >= 0.3 is 0 Å². The van der Waals surface area contributed by atoms with Crippen LogP contribution in [0.2, 0.25) is 0 Å². The molecule has 0 aromatic heterocycles. The first kappa shape index (κ1) is 20.8. The van der Waals surface area contributed by atoms with E-state index in [4.69, 9.17) is 10.3 Å². The van der Waals surface area contributed by atoms with E-state index in [0.717, 1.165) is 38.5 Å². The maximum absolute atomic E-state index is 11.7. The lowest BCUT2D eigenvalue weighted by molar-refractivity contribution is 0.449. The standard InChI is InChI=1S/C10H21FO3S.C3H7N/c11-9-7-5-3-1-2-4-6-8-10-15(12,13)14;1-2-3-4/h1-10H2,(H,12,13,14);2H,1,3-4H2. The van der Waals surface area contributed by atoms with Gasteiger partial charge in [0.25, 0.3) is 10.1 Å². The Morgan fingerprint density at radius 2 is 1.37 bits per heavy atom. The van der Waals surface area contributed by atoms with Crippen LogP contribution in [0, 0.1) is 0 Å². The number of hydrogen-bond donors (Lipinski definition) is 2. The van der Waals surface area contributed by atoms with Crippen molar-refractivity contribution in [1.82, 2.24) is 0 Å². The normalized spacial score (nSPS) is 10.7. The van der Waals surface area contributed by atoms with Crippen molar-refractivity contribution >= 4 is 10.1 Å². The van der Waals surface area contributed by atoms with Crippen LogP contribution in [-0.2, 0) is 10.1 Å². The Hall–Kier alpha value is -0.460. The summed E-state index contributed by atoms with van der Waals surface area (Å²) in [4.78, 5) is 0. The van der Waals surface area contributed by atoms with Crippen LogP contribution in [0.3, 0.4) is 0 Å². The van der Waals surface area contributed by atoms with Gasteiger partial charge in [0.15, 0.2) is 0 Å². The first-order valence-corrected chi connectivity index (χ1v) is 8.41. The Balaban J connectivity index is 0. The molecule has 6 heteroatoms. The van der Waals surface area contributed by atoms with Crippen molar-refractivity contribution in [3.05, 3.63) is 12.7 Å². The highest BCUT2D eigenvalue weighted by molar-refractivity contribution is 7.85. The number of nitrogens with two attached hydrogens (primary N) is 1. The van der Waals surface area contributed by atoms with Crippen molar-refractivity contribution in [3.8, 4) is 0 Å². The van der Waals surface area contributed by atoms with Crippen molar-refractivity contribution in [1.29, 1.82) is 0 Å². The number of unbranched alkanes of at least 4 members (excludes halogenated alkanes) is 7. The molecule has 0 rings (SSSR count). The second kappa shape index (κ2) is 15.6. The Kier molecular flexibility index (Phi) is 17.1. The predicted octanol–water partition coefficient (Wildman–Crippen LogP) is 3.10. The first-order valence-electron chi connectivity index (χ1n) is 6.80. The van der Waals surface area contributed by atoms with Crippen LogP contribution >= 0.6 is 0 Å². The summed E-state index contributed by atoms with van der Waals surface area (Å²) >= 11 is 0. The summed E-state index contributed by atoms with van der Waals surface area (Å²) in [5.74, 6) is -0.130. The van der Waals surface area contributed by atoms with Gasteiger partial charge in [-0.1, -0.05) is 44.6 Å². The van der Waals surface area contributed by atoms with Crippen molar-refractivity contribution in [3.63, 3.8) is 0 Å². The fourth-order valence-corrected chi connectivity index (χ4v) is 2.01. The van der Waals surface area contributed by atoms with E-state index >= 15 is 0 Å². The van der Waals surface area contributed by atoms with Crippen LogP contribution in [0.4, 0.5) is 4.39 Å². The largest absolute Gasteiger partial charge is 0.327 e. The monoisotopic (exact) mass is 297 g/mol. The molecule has 0 aromatic rings. The van der Waals surface area contributed by atoms with Gasteiger partial charge in [0, 0.05) is 6.54 Å². The van der Waals surface area contributed by atoms with Crippen molar-refractivity contribution in [2.24, 2.45) is 5.73 Å². The zero-order valence-corrected chi connectivity index (χ0v) is 12.5. The Labute approximate surface area is 117 Å². The van der Waals surface area contributed by atoms with Gasteiger partial charge in [0.2, 0.25) is 0 Å². The van der Waals surface area contributed by atoms with Crippen LogP contribution < -0.4 is 5.73 Å². The zero-order chi connectivity index (χ0) is 15.0. The molecule has 0 spiro atoms. The lowest BCUT2D eigenvalue weighted by Crippen LogP contribution is -2.03. The fourth-order valence-electron chi connectivity index (χ4n) is 1.44. The summed E-state index contributed by atoms with van der Waals surface area (Å²) in [5.41, 5.74) is 4.91. The summed E-state index contributed by atoms with van der Waals surface area (Å²) in [6, 6.07) is 0. The molecule has 19 heavy (non-hydrogen) atoms. The van der Waals surface area contributed by atoms with Gasteiger partial charge in [0.05, 0.1) is 12.4 Å². The maximum Gasteiger partial charge on any atom is 0.264 e. The smallest absolute Gasteiger partial charge is 0.264 e. The number of rotatable bonds is 11. The first-order chi connectivity index (χ1) is 8.97. The molecule has 0 saturated carbocycles. The molecule has 0 amide bonds. The topological polar surface area (TPSA) is 80.4 Å². The van der Waals surface area contributed by atoms with Gasteiger partial charge in [0.1, 0.15) is 0 Å². The number of alkyl halides is 1. The van der Waals surface area contributed by atoms with E-state index < -0.39 is 10.1 Å². The van der Waals surface area contributed by atoms with Gasteiger partial charge in [-0.15, -0.1) is 6.58 Å². The van der Waals surface area contributed by atoms with Crippen LogP contribution in [0.15, 0.2) is 12.7 Å². The van der Waals surface area contributed by atoms with Crippen LogP contribution in [-0.4, -0.2) is 31.9 Å². The summed E-state index contributed by atoms with van der Waals surface area (Å²) in [6.45, 7) is 3.71. The Morgan fingerprint density at radius 1 is 1.00 bits per heavy atom. The van der Waals surface area contributed by atoms with Gasteiger partial charge in [-0.05, 0) is 12.8 Å². The molecule has 0 unspecified atom stereocenters. The molecule has 0 aliphatic rings. The van der Waals surface area contributed by atoms with Crippen molar-refractivity contribution in [2.75, 3.05) is 19.0 Å². The molecule has 0 aliphatic carbocycles. The highest BCUT2D eigenvalue weighted by atomic mass is 32.2. The molecule has 0 fully saturated rings. The van der Waals surface area contributed by atoms with Crippen molar-refractivity contribution in [2.45, 2.75) is 51.4 Å². The Bertz CT molecular complexity index is 282. The maximum atomic E-state index is 11.7. The minimum absolute atomic E-state index is 0.130. The van der Waals surface area contributed by atoms with Gasteiger partial charge < -0.3 is 5.73 Å². The van der Waals surface area contributed by atoms with Crippen LogP contribution in [0.5, 0.6) is 0 Å². The van der Waals surface area contributed by atoms with E-state index in [0.29, 0.717) is 19.4 Å². The number of hydrogen-bond acceptors (Lipinski definition) is 3. The molecule has 0 heterocycles. The van der Waals surface area contributed by atoms with E-state index in [1.54, 1.807) is 6.08 Å². The average Bonchev–Trinajstić information content (AvgIpc) is 2.36. The molecule has 3 N–H and O–H groups in total. The van der Waals surface area contributed by atoms with Crippen LogP contribution in [0.1, 0.15) is 51.4 Å². The van der Waals surface area contributed by atoms with E-state index in [2.05, 4.69) is 6.58 Å². The van der Waals surface area contributed by atoms with Crippen LogP contribution in [0.25, 0.3) is 0 Å². The quantitative estimate of drug-likeness (QED) is 0.349. The van der Waals surface area contributed by atoms with E-state index in [1.165, 1.54) is 0 Å². The molecule has 116 valence electrons. The minimum atomic E-state index is -3.77. The molecule has 4 nitrogen and oxygen atoms in total. The van der Waals surface area contributed by atoms with Gasteiger partial charge in [-0.2, -0.15) is 8.42 Å². The SMILES string of the molecule is C=CCN.O=S(=O)(O)CCCCCCCCCCF. The molecule has 0 saturated heterocycles. The third-order valence-electron chi connectivity index (χ3n) is 2.45. The summed E-state index contributed by atoms with van der Waals surface area (Å²) in [6.07, 6.45) is 8.83. The molecule has 0 bridgehead atoms.